The molecule has 0 unspecified atom stereocenters. The lowest BCUT2D eigenvalue weighted by Gasteiger charge is -2.36. The van der Waals surface area contributed by atoms with Gasteiger partial charge in [-0.1, -0.05) is 17.8 Å². The monoisotopic (exact) mass is 420 g/mol. The molecule has 1 aromatic carbocycles. The first-order chi connectivity index (χ1) is 14.6. The molecule has 6 nitrogen and oxygen atoms in total. The van der Waals surface area contributed by atoms with Crippen LogP contribution >= 0.6 is 11.8 Å². The molecule has 0 spiro atoms. The van der Waals surface area contributed by atoms with Crippen molar-refractivity contribution < 1.29 is 9.53 Å². The number of benzene rings is 1. The summed E-state index contributed by atoms with van der Waals surface area (Å²) in [5.74, 6) is 0.735. The first kappa shape index (κ1) is 20.4. The number of rotatable bonds is 5. The summed E-state index contributed by atoms with van der Waals surface area (Å²) in [5, 5.41) is 3.83. The fraction of sp³-hybridized carbons (Fsp3) is 0.261. The number of nitrogens with one attached hydrogen (secondary N) is 1. The molecule has 2 aromatic heterocycles. The summed E-state index contributed by atoms with van der Waals surface area (Å²) in [5.41, 5.74) is 1.27. The second-order valence-electron chi connectivity index (χ2n) is 7.32. The average molecular weight is 421 g/mol. The van der Waals surface area contributed by atoms with Crippen molar-refractivity contribution in [3.63, 3.8) is 0 Å². The van der Waals surface area contributed by atoms with Crippen LogP contribution in [0.1, 0.15) is 24.2 Å². The van der Waals surface area contributed by atoms with E-state index < -0.39 is 0 Å². The maximum Gasteiger partial charge on any atom is 0.255 e. The summed E-state index contributed by atoms with van der Waals surface area (Å²) >= 11 is 1.56. The van der Waals surface area contributed by atoms with Crippen molar-refractivity contribution in [3.05, 3.63) is 72.6 Å². The van der Waals surface area contributed by atoms with Crippen LogP contribution in [0.4, 0.5) is 11.5 Å². The van der Waals surface area contributed by atoms with Crippen molar-refractivity contribution >= 4 is 29.2 Å². The van der Waals surface area contributed by atoms with Crippen LogP contribution in [0.25, 0.3) is 0 Å². The number of carbonyl (C=O) groups is 1. The number of anilines is 2. The molecule has 1 amide bonds. The molecule has 1 aliphatic heterocycles. The fourth-order valence-electron chi connectivity index (χ4n) is 3.42. The largest absolute Gasteiger partial charge is 0.372 e. The zero-order chi connectivity index (χ0) is 20.9. The molecule has 154 valence electrons. The van der Waals surface area contributed by atoms with Crippen LogP contribution in [0.3, 0.4) is 0 Å². The van der Waals surface area contributed by atoms with E-state index in [1.807, 2.05) is 54.6 Å². The zero-order valence-electron chi connectivity index (χ0n) is 17.0. The maximum atomic E-state index is 12.6. The van der Waals surface area contributed by atoms with Gasteiger partial charge < -0.3 is 15.0 Å². The Bertz CT molecular complexity index is 970. The predicted molar refractivity (Wildman–Crippen MR) is 119 cm³/mol. The predicted octanol–water partition coefficient (Wildman–Crippen LogP) is 4.49. The third-order valence-electron chi connectivity index (χ3n) is 4.73. The SMILES string of the molecule is C[C@H]1CN(c2ccc(NC(=O)c3ccc(Sc4ccccn4)cc3)cn2)C[C@H](C)O1. The van der Waals surface area contributed by atoms with Crippen molar-refractivity contribution in [2.75, 3.05) is 23.3 Å². The molecule has 0 aliphatic carbocycles. The van der Waals surface area contributed by atoms with E-state index in [0.29, 0.717) is 11.3 Å². The number of nitrogens with zero attached hydrogens (tertiary/aromatic N) is 3. The van der Waals surface area contributed by atoms with Crippen LogP contribution < -0.4 is 10.2 Å². The number of hydrogen-bond acceptors (Lipinski definition) is 6. The Balaban J connectivity index is 1.36. The normalized spacial score (nSPS) is 18.8. The lowest BCUT2D eigenvalue weighted by Crippen LogP contribution is -2.45. The van der Waals surface area contributed by atoms with E-state index in [1.165, 1.54) is 0 Å². The number of carbonyl (C=O) groups excluding carboxylic acids is 1. The molecule has 30 heavy (non-hydrogen) atoms. The lowest BCUT2D eigenvalue weighted by atomic mass is 10.2. The standard InChI is InChI=1S/C23H24N4O2S/c1-16-14-27(15-17(2)29-16)21-11-8-19(13-25-21)26-23(28)18-6-9-20(10-7-18)30-22-5-3-4-12-24-22/h3-13,16-17H,14-15H2,1-2H3,(H,26,28)/t16-,17-/m0/s1. The van der Waals surface area contributed by atoms with Crippen LogP contribution in [0.5, 0.6) is 0 Å². The summed E-state index contributed by atoms with van der Waals surface area (Å²) in [7, 11) is 0. The van der Waals surface area contributed by atoms with Gasteiger partial charge in [0.25, 0.3) is 5.91 Å². The van der Waals surface area contributed by atoms with E-state index in [1.54, 1.807) is 24.2 Å². The third kappa shape index (κ3) is 5.17. The van der Waals surface area contributed by atoms with E-state index in [9.17, 15) is 4.79 Å². The third-order valence-corrected chi connectivity index (χ3v) is 5.68. The Kier molecular flexibility index (Phi) is 6.30. The highest BCUT2D eigenvalue weighted by Gasteiger charge is 2.23. The summed E-state index contributed by atoms with van der Waals surface area (Å²) < 4.78 is 5.77. The van der Waals surface area contributed by atoms with Gasteiger partial charge in [0.15, 0.2) is 0 Å². The molecule has 1 N–H and O–H groups in total. The molecular formula is C23H24N4O2S. The molecule has 3 heterocycles. The van der Waals surface area contributed by atoms with E-state index in [4.69, 9.17) is 4.74 Å². The van der Waals surface area contributed by atoms with Gasteiger partial charge in [0.05, 0.1) is 24.1 Å². The molecule has 0 radical (unpaired) electrons. The molecule has 2 atom stereocenters. The van der Waals surface area contributed by atoms with Gasteiger partial charge in [0.2, 0.25) is 0 Å². The van der Waals surface area contributed by atoms with Gasteiger partial charge in [0.1, 0.15) is 10.8 Å². The summed E-state index contributed by atoms with van der Waals surface area (Å²) in [6.45, 7) is 5.76. The molecule has 3 aromatic rings. The average Bonchev–Trinajstić information content (AvgIpc) is 2.75. The molecule has 1 fully saturated rings. The van der Waals surface area contributed by atoms with Crippen molar-refractivity contribution in [2.45, 2.75) is 36.0 Å². The topological polar surface area (TPSA) is 67.4 Å². The first-order valence-corrected chi connectivity index (χ1v) is 10.8. The van der Waals surface area contributed by atoms with Crippen molar-refractivity contribution in [3.8, 4) is 0 Å². The van der Waals surface area contributed by atoms with Crippen LogP contribution in [0.15, 0.2) is 76.9 Å². The Morgan fingerprint density at radius 2 is 1.80 bits per heavy atom. The van der Waals surface area contributed by atoms with E-state index in [-0.39, 0.29) is 18.1 Å². The van der Waals surface area contributed by atoms with Crippen LogP contribution in [-0.2, 0) is 4.74 Å². The zero-order valence-corrected chi connectivity index (χ0v) is 17.8. The van der Waals surface area contributed by atoms with E-state index in [0.717, 1.165) is 28.8 Å². The number of pyridine rings is 2. The Morgan fingerprint density at radius 1 is 1.03 bits per heavy atom. The number of ether oxygens (including phenoxy) is 1. The second kappa shape index (κ2) is 9.28. The van der Waals surface area contributed by atoms with Crippen LogP contribution in [0, 0.1) is 0 Å². The fourth-order valence-corrected chi connectivity index (χ4v) is 4.19. The van der Waals surface area contributed by atoms with E-state index >= 15 is 0 Å². The Labute approximate surface area is 180 Å². The Morgan fingerprint density at radius 3 is 2.43 bits per heavy atom. The minimum Gasteiger partial charge on any atom is -0.372 e. The smallest absolute Gasteiger partial charge is 0.255 e. The maximum absolute atomic E-state index is 12.6. The molecule has 7 heteroatoms. The van der Waals surface area contributed by atoms with Crippen LogP contribution in [-0.4, -0.2) is 41.2 Å². The molecule has 1 saturated heterocycles. The van der Waals surface area contributed by atoms with Gasteiger partial charge in [-0.2, -0.15) is 0 Å². The minimum absolute atomic E-state index is 0.160. The Hall–Kier alpha value is -2.90. The minimum atomic E-state index is -0.160. The van der Waals surface area contributed by atoms with Crippen molar-refractivity contribution in [1.82, 2.24) is 9.97 Å². The number of morpholine rings is 1. The first-order valence-electron chi connectivity index (χ1n) is 9.93. The highest BCUT2D eigenvalue weighted by molar-refractivity contribution is 7.99. The number of hydrogen-bond donors (Lipinski definition) is 1. The highest BCUT2D eigenvalue weighted by Crippen LogP contribution is 2.26. The molecular weight excluding hydrogens is 396 g/mol. The molecule has 1 aliphatic rings. The molecule has 0 saturated carbocycles. The van der Waals surface area contributed by atoms with Gasteiger partial charge in [-0.15, -0.1) is 0 Å². The molecule has 0 bridgehead atoms. The van der Waals surface area contributed by atoms with E-state index in [2.05, 4.69) is 34.0 Å². The highest BCUT2D eigenvalue weighted by atomic mass is 32.2. The number of aromatic nitrogens is 2. The lowest BCUT2D eigenvalue weighted by molar-refractivity contribution is -0.00545. The van der Waals surface area contributed by atoms with Gasteiger partial charge in [-0.25, -0.2) is 9.97 Å². The summed E-state index contributed by atoms with van der Waals surface area (Å²) in [4.78, 5) is 24.6. The van der Waals surface area contributed by atoms with Crippen molar-refractivity contribution in [1.29, 1.82) is 0 Å². The molecule has 4 rings (SSSR count). The van der Waals surface area contributed by atoms with Gasteiger partial charge in [-0.05, 0) is 62.4 Å². The summed E-state index contributed by atoms with van der Waals surface area (Å²) in [6.07, 6.45) is 3.81. The van der Waals surface area contributed by atoms with Crippen molar-refractivity contribution in [2.24, 2.45) is 0 Å². The van der Waals surface area contributed by atoms with Gasteiger partial charge >= 0.3 is 0 Å². The second-order valence-corrected chi connectivity index (χ2v) is 8.41. The van der Waals surface area contributed by atoms with Gasteiger partial charge in [-0.3, -0.25) is 4.79 Å². The van der Waals surface area contributed by atoms with Crippen LogP contribution in [0.2, 0.25) is 0 Å². The van der Waals surface area contributed by atoms with Gasteiger partial charge in [0, 0.05) is 29.7 Å². The quantitative estimate of drug-likeness (QED) is 0.656. The number of amides is 1. The summed E-state index contributed by atoms with van der Waals surface area (Å²) in [6, 6.07) is 17.1.